The van der Waals surface area contributed by atoms with Crippen molar-refractivity contribution in [2.45, 2.75) is 25.8 Å². The number of aliphatic hydroxyl groups is 1. The van der Waals surface area contributed by atoms with E-state index in [1.54, 1.807) is 11.9 Å². The molecule has 0 saturated heterocycles. The van der Waals surface area contributed by atoms with E-state index in [-0.39, 0.29) is 18.6 Å². The quantitative estimate of drug-likeness (QED) is 0.853. The lowest BCUT2D eigenvalue weighted by molar-refractivity contribution is -0.132. The highest BCUT2D eigenvalue weighted by atomic mass is 16.3. The zero-order chi connectivity index (χ0) is 13.8. The predicted octanol–water partition coefficient (Wildman–Crippen LogP) is 1.33. The molecule has 1 aromatic heterocycles. The average molecular weight is 261 g/mol. The molecule has 19 heavy (non-hydrogen) atoms. The third kappa shape index (κ3) is 3.12. The van der Waals surface area contributed by atoms with Crippen LogP contribution in [0.2, 0.25) is 0 Å². The van der Waals surface area contributed by atoms with Crippen LogP contribution in [0.4, 0.5) is 0 Å². The second-order valence-corrected chi connectivity index (χ2v) is 4.74. The molecule has 1 unspecified atom stereocenters. The summed E-state index contributed by atoms with van der Waals surface area (Å²) in [4.78, 5) is 21.1. The Bertz CT molecular complexity index is 532. The summed E-state index contributed by atoms with van der Waals surface area (Å²) in [5.74, 6) is 0.835. The monoisotopic (exact) mass is 261 g/mol. The molecule has 2 N–H and O–H groups in total. The molecule has 1 aromatic carbocycles. The minimum atomic E-state index is -0.150. The molecule has 2 rings (SSSR count). The van der Waals surface area contributed by atoms with Crippen LogP contribution in [-0.2, 0) is 11.2 Å². The predicted molar refractivity (Wildman–Crippen MR) is 73.7 cm³/mol. The molecule has 1 heterocycles. The number of fused-ring (bicyclic) bond motifs is 1. The van der Waals surface area contributed by atoms with Crippen LogP contribution in [0.25, 0.3) is 11.0 Å². The van der Waals surface area contributed by atoms with E-state index >= 15 is 0 Å². The first-order chi connectivity index (χ1) is 9.11. The van der Waals surface area contributed by atoms with Crippen molar-refractivity contribution in [3.8, 4) is 0 Å². The van der Waals surface area contributed by atoms with Crippen molar-refractivity contribution in [2.24, 2.45) is 0 Å². The fraction of sp³-hybridized carbons (Fsp3) is 0.429. The van der Waals surface area contributed by atoms with Gasteiger partial charge in [-0.2, -0.15) is 0 Å². The van der Waals surface area contributed by atoms with E-state index in [1.165, 1.54) is 0 Å². The molecule has 102 valence electrons. The van der Waals surface area contributed by atoms with Crippen molar-refractivity contribution in [3.05, 3.63) is 30.1 Å². The van der Waals surface area contributed by atoms with Gasteiger partial charge in [-0.15, -0.1) is 0 Å². The molecule has 0 saturated carbocycles. The van der Waals surface area contributed by atoms with E-state index in [9.17, 15) is 4.79 Å². The van der Waals surface area contributed by atoms with Crippen molar-refractivity contribution >= 4 is 16.9 Å². The Hall–Kier alpha value is -1.88. The molecule has 1 amide bonds. The van der Waals surface area contributed by atoms with Gasteiger partial charge in [0.15, 0.2) is 0 Å². The maximum absolute atomic E-state index is 11.9. The highest BCUT2D eigenvalue weighted by molar-refractivity contribution is 5.77. The maximum atomic E-state index is 11.9. The number of carbonyl (C=O) groups is 1. The SMILES string of the molecule is CC(CO)N(C)C(=O)CCc1nc2ccccc2[nH]1. The van der Waals surface area contributed by atoms with E-state index in [0.717, 1.165) is 16.9 Å². The Morgan fingerprint density at radius 2 is 2.21 bits per heavy atom. The van der Waals surface area contributed by atoms with Gasteiger partial charge in [-0.1, -0.05) is 12.1 Å². The number of H-pyrrole nitrogens is 1. The Labute approximate surface area is 112 Å². The van der Waals surface area contributed by atoms with E-state index < -0.39 is 0 Å². The number of nitrogens with one attached hydrogen (secondary N) is 1. The number of benzene rings is 1. The third-order valence-corrected chi connectivity index (χ3v) is 3.33. The van der Waals surface area contributed by atoms with Crippen molar-refractivity contribution in [1.29, 1.82) is 0 Å². The van der Waals surface area contributed by atoms with Gasteiger partial charge < -0.3 is 15.0 Å². The highest BCUT2D eigenvalue weighted by Gasteiger charge is 2.15. The van der Waals surface area contributed by atoms with Crippen LogP contribution in [0.3, 0.4) is 0 Å². The van der Waals surface area contributed by atoms with Gasteiger partial charge in [-0.25, -0.2) is 4.98 Å². The summed E-state index contributed by atoms with van der Waals surface area (Å²) in [5.41, 5.74) is 1.91. The zero-order valence-electron chi connectivity index (χ0n) is 11.3. The molecule has 0 aliphatic carbocycles. The van der Waals surface area contributed by atoms with Crippen LogP contribution >= 0.6 is 0 Å². The Kier molecular flexibility index (Phi) is 4.16. The number of nitrogens with zero attached hydrogens (tertiary/aromatic N) is 2. The smallest absolute Gasteiger partial charge is 0.223 e. The molecule has 0 spiro atoms. The van der Waals surface area contributed by atoms with Crippen LogP contribution < -0.4 is 0 Å². The fourth-order valence-corrected chi connectivity index (χ4v) is 1.89. The van der Waals surface area contributed by atoms with Gasteiger partial charge in [0.25, 0.3) is 0 Å². The minimum absolute atomic E-state index is 0.0157. The average Bonchev–Trinajstić information content (AvgIpc) is 2.85. The van der Waals surface area contributed by atoms with Gasteiger partial charge in [-0.05, 0) is 19.1 Å². The minimum Gasteiger partial charge on any atom is -0.394 e. The lowest BCUT2D eigenvalue weighted by Gasteiger charge is -2.22. The molecular weight excluding hydrogens is 242 g/mol. The lowest BCUT2D eigenvalue weighted by Crippen LogP contribution is -2.37. The van der Waals surface area contributed by atoms with Gasteiger partial charge in [0.1, 0.15) is 5.82 Å². The summed E-state index contributed by atoms with van der Waals surface area (Å²) in [5, 5.41) is 9.02. The fourth-order valence-electron chi connectivity index (χ4n) is 1.89. The number of likely N-dealkylation sites (N-methyl/N-ethyl adjacent to an activating group) is 1. The lowest BCUT2D eigenvalue weighted by atomic mass is 10.2. The van der Waals surface area contributed by atoms with E-state index in [1.807, 2.05) is 31.2 Å². The van der Waals surface area contributed by atoms with Crippen molar-refractivity contribution in [3.63, 3.8) is 0 Å². The molecule has 1 atom stereocenters. The summed E-state index contributed by atoms with van der Waals surface area (Å²) in [6, 6.07) is 7.65. The normalized spacial score (nSPS) is 12.6. The number of aryl methyl sites for hydroxylation is 1. The molecule has 5 heteroatoms. The number of aromatic amines is 1. The number of carbonyl (C=O) groups excluding carboxylic acids is 1. The van der Waals surface area contributed by atoms with Crippen molar-refractivity contribution in [1.82, 2.24) is 14.9 Å². The standard InChI is InChI=1S/C14H19N3O2/c1-10(9-18)17(2)14(19)8-7-13-15-11-5-3-4-6-12(11)16-13/h3-6,10,18H,7-9H2,1-2H3,(H,15,16). The first kappa shape index (κ1) is 13.5. The van der Waals surface area contributed by atoms with Crippen LogP contribution in [0.15, 0.2) is 24.3 Å². The highest BCUT2D eigenvalue weighted by Crippen LogP contribution is 2.12. The summed E-state index contributed by atoms with van der Waals surface area (Å²) < 4.78 is 0. The number of aromatic nitrogens is 2. The Morgan fingerprint density at radius 3 is 2.89 bits per heavy atom. The topological polar surface area (TPSA) is 69.2 Å². The molecular formula is C14H19N3O2. The van der Waals surface area contributed by atoms with Crippen molar-refractivity contribution in [2.75, 3.05) is 13.7 Å². The zero-order valence-corrected chi connectivity index (χ0v) is 11.3. The van der Waals surface area contributed by atoms with Crippen molar-refractivity contribution < 1.29 is 9.90 Å². The Morgan fingerprint density at radius 1 is 1.47 bits per heavy atom. The number of imidazole rings is 1. The Balaban J connectivity index is 1.96. The van der Waals surface area contributed by atoms with Crippen LogP contribution in [-0.4, -0.2) is 45.6 Å². The van der Waals surface area contributed by atoms with Crippen LogP contribution in [0, 0.1) is 0 Å². The van der Waals surface area contributed by atoms with Gasteiger partial charge in [0.2, 0.25) is 5.91 Å². The second kappa shape index (κ2) is 5.84. The summed E-state index contributed by atoms with van der Waals surface area (Å²) in [6.45, 7) is 1.80. The number of rotatable bonds is 5. The summed E-state index contributed by atoms with van der Waals surface area (Å²) >= 11 is 0. The molecule has 2 aromatic rings. The number of aliphatic hydroxyl groups excluding tert-OH is 1. The first-order valence-corrected chi connectivity index (χ1v) is 6.42. The molecule has 0 fully saturated rings. The van der Waals surface area contributed by atoms with E-state index in [4.69, 9.17) is 5.11 Å². The summed E-state index contributed by atoms with van der Waals surface area (Å²) in [7, 11) is 1.71. The molecule has 5 nitrogen and oxygen atoms in total. The van der Waals surface area contributed by atoms with Gasteiger partial charge in [0.05, 0.1) is 23.7 Å². The van der Waals surface area contributed by atoms with Gasteiger partial charge in [0, 0.05) is 19.9 Å². The number of para-hydroxylation sites is 2. The molecule has 0 aliphatic heterocycles. The maximum Gasteiger partial charge on any atom is 0.223 e. The van der Waals surface area contributed by atoms with Gasteiger partial charge in [-0.3, -0.25) is 4.79 Å². The third-order valence-electron chi connectivity index (χ3n) is 3.33. The largest absolute Gasteiger partial charge is 0.394 e. The van der Waals surface area contributed by atoms with Crippen LogP contribution in [0.5, 0.6) is 0 Å². The van der Waals surface area contributed by atoms with Crippen LogP contribution in [0.1, 0.15) is 19.2 Å². The molecule has 0 aliphatic rings. The number of hydrogen-bond donors (Lipinski definition) is 2. The molecule has 0 radical (unpaired) electrons. The summed E-state index contributed by atoms with van der Waals surface area (Å²) in [6.07, 6.45) is 0.969. The van der Waals surface area contributed by atoms with E-state index in [2.05, 4.69) is 9.97 Å². The second-order valence-electron chi connectivity index (χ2n) is 4.74. The van der Waals surface area contributed by atoms with E-state index in [0.29, 0.717) is 12.8 Å². The molecule has 0 bridgehead atoms. The number of amides is 1. The van der Waals surface area contributed by atoms with Gasteiger partial charge >= 0.3 is 0 Å². The number of hydrogen-bond acceptors (Lipinski definition) is 3. The first-order valence-electron chi connectivity index (χ1n) is 6.42.